The molecular weight excluding hydrogens is 268 g/mol. The number of rotatable bonds is 0. The summed E-state index contributed by atoms with van der Waals surface area (Å²) < 4.78 is 5.48. The summed E-state index contributed by atoms with van der Waals surface area (Å²) in [4.78, 5) is 14.0. The molecule has 0 aromatic rings. The lowest BCUT2D eigenvalue weighted by Crippen LogP contribution is -2.42. The van der Waals surface area contributed by atoms with Crippen molar-refractivity contribution in [3.8, 4) is 0 Å². The smallest absolute Gasteiger partial charge is 0.410 e. The van der Waals surface area contributed by atoms with Crippen LogP contribution in [0.2, 0.25) is 0 Å². The lowest BCUT2D eigenvalue weighted by Gasteiger charge is -2.27. The van der Waals surface area contributed by atoms with Gasteiger partial charge in [-0.3, -0.25) is 0 Å². The molecule has 3 N–H and O–H groups in total. The van der Waals surface area contributed by atoms with Gasteiger partial charge in [-0.15, -0.1) is 0 Å². The van der Waals surface area contributed by atoms with E-state index in [9.17, 15) is 4.79 Å². The minimum Gasteiger partial charge on any atom is -0.444 e. The summed E-state index contributed by atoms with van der Waals surface area (Å²) in [6.45, 7) is 12.9. The van der Waals surface area contributed by atoms with Gasteiger partial charge in [-0.1, -0.05) is 0 Å². The summed E-state index contributed by atoms with van der Waals surface area (Å²) >= 11 is 0. The third-order valence-corrected chi connectivity index (χ3v) is 3.18. The summed E-state index contributed by atoms with van der Waals surface area (Å²) in [7, 11) is 0. The number of nitrogens with one attached hydrogen (secondary N) is 3. The fourth-order valence-corrected chi connectivity index (χ4v) is 2.12. The fraction of sp³-hybridized carbons (Fsp3) is 0.933. The zero-order chi connectivity index (χ0) is 15.6. The molecule has 0 aromatic heterocycles. The van der Waals surface area contributed by atoms with Gasteiger partial charge in [0.2, 0.25) is 0 Å². The second kappa shape index (κ2) is 9.97. The van der Waals surface area contributed by atoms with Gasteiger partial charge in [0.25, 0.3) is 0 Å². The first-order chi connectivity index (χ1) is 9.99. The average molecular weight is 300 g/mol. The minimum atomic E-state index is -0.437. The molecule has 6 heteroatoms. The van der Waals surface area contributed by atoms with Gasteiger partial charge in [0.1, 0.15) is 5.60 Å². The highest BCUT2D eigenvalue weighted by molar-refractivity contribution is 5.68. The number of carbonyl (C=O) groups is 1. The molecule has 0 radical (unpaired) electrons. The van der Waals surface area contributed by atoms with Crippen molar-refractivity contribution in [3.05, 3.63) is 0 Å². The van der Waals surface area contributed by atoms with Crippen molar-refractivity contribution in [2.75, 3.05) is 52.4 Å². The number of hydrogen-bond donors (Lipinski definition) is 3. The maximum Gasteiger partial charge on any atom is 0.410 e. The Kier molecular flexibility index (Phi) is 8.64. The lowest BCUT2D eigenvalue weighted by atomic mass is 10.2. The minimum absolute atomic E-state index is 0.210. The average Bonchev–Trinajstić information content (AvgIpc) is 2.39. The van der Waals surface area contributed by atoms with Crippen molar-refractivity contribution in [1.29, 1.82) is 0 Å². The quantitative estimate of drug-likeness (QED) is 0.617. The highest BCUT2D eigenvalue weighted by Gasteiger charge is 2.21. The van der Waals surface area contributed by atoms with Crippen molar-refractivity contribution in [1.82, 2.24) is 20.9 Å². The standard InChI is InChI=1S/C15H32N4O2/c1-15(2,3)21-14(20)19-12-5-8-17-10-9-16-6-4-7-18-11-13-19/h16-18H,4-13H2,1-3H3. The van der Waals surface area contributed by atoms with Crippen molar-refractivity contribution >= 4 is 6.09 Å². The molecule has 1 aliphatic rings. The molecule has 6 nitrogen and oxygen atoms in total. The molecule has 1 fully saturated rings. The van der Waals surface area contributed by atoms with E-state index in [0.717, 1.165) is 58.7 Å². The molecule has 124 valence electrons. The zero-order valence-corrected chi connectivity index (χ0v) is 13.8. The molecule has 0 unspecified atom stereocenters. The molecule has 21 heavy (non-hydrogen) atoms. The Morgan fingerprint density at radius 1 is 0.857 bits per heavy atom. The van der Waals surface area contributed by atoms with Crippen LogP contribution in [-0.4, -0.2) is 69.0 Å². The Hall–Kier alpha value is -0.850. The predicted molar refractivity (Wildman–Crippen MR) is 85.7 cm³/mol. The van der Waals surface area contributed by atoms with Gasteiger partial charge < -0.3 is 25.6 Å². The van der Waals surface area contributed by atoms with E-state index in [1.165, 1.54) is 0 Å². The van der Waals surface area contributed by atoms with Gasteiger partial charge >= 0.3 is 6.09 Å². The molecule has 0 spiro atoms. The van der Waals surface area contributed by atoms with E-state index in [4.69, 9.17) is 4.74 Å². The van der Waals surface area contributed by atoms with Crippen LogP contribution < -0.4 is 16.0 Å². The highest BCUT2D eigenvalue weighted by atomic mass is 16.6. The van der Waals surface area contributed by atoms with Crippen LogP contribution in [0.5, 0.6) is 0 Å². The van der Waals surface area contributed by atoms with E-state index >= 15 is 0 Å². The fourth-order valence-electron chi connectivity index (χ4n) is 2.12. The van der Waals surface area contributed by atoms with Crippen LogP contribution in [0.4, 0.5) is 4.79 Å². The first kappa shape index (κ1) is 18.2. The third-order valence-electron chi connectivity index (χ3n) is 3.18. The van der Waals surface area contributed by atoms with Gasteiger partial charge in [-0.25, -0.2) is 4.79 Å². The molecule has 1 aliphatic heterocycles. The van der Waals surface area contributed by atoms with Crippen LogP contribution in [0.15, 0.2) is 0 Å². The molecule has 0 saturated carbocycles. The summed E-state index contributed by atoms with van der Waals surface area (Å²) in [5.74, 6) is 0. The van der Waals surface area contributed by atoms with Gasteiger partial charge in [-0.05, 0) is 53.2 Å². The van der Waals surface area contributed by atoms with Crippen LogP contribution in [-0.2, 0) is 4.74 Å². The topological polar surface area (TPSA) is 65.6 Å². The number of ether oxygens (including phenoxy) is 1. The summed E-state index contributed by atoms with van der Waals surface area (Å²) in [6.07, 6.45) is 1.84. The van der Waals surface area contributed by atoms with Crippen LogP contribution in [0.1, 0.15) is 33.6 Å². The Bertz CT molecular complexity index is 278. The second-order valence-corrected chi connectivity index (χ2v) is 6.42. The molecule has 0 aromatic carbocycles. The van der Waals surface area contributed by atoms with Gasteiger partial charge in [0.05, 0.1) is 0 Å². The molecule has 1 heterocycles. The van der Waals surface area contributed by atoms with Crippen LogP contribution in [0.3, 0.4) is 0 Å². The predicted octanol–water partition coefficient (Wildman–Crippen LogP) is 0.786. The largest absolute Gasteiger partial charge is 0.444 e. The van der Waals surface area contributed by atoms with Crippen LogP contribution >= 0.6 is 0 Å². The molecule has 0 aliphatic carbocycles. The molecule has 1 rings (SSSR count). The van der Waals surface area contributed by atoms with E-state index in [0.29, 0.717) is 6.54 Å². The van der Waals surface area contributed by atoms with Crippen molar-refractivity contribution in [2.24, 2.45) is 0 Å². The lowest BCUT2D eigenvalue weighted by molar-refractivity contribution is 0.0250. The van der Waals surface area contributed by atoms with E-state index in [2.05, 4.69) is 16.0 Å². The maximum atomic E-state index is 12.2. The first-order valence-electron chi connectivity index (χ1n) is 8.09. The normalized spacial score (nSPS) is 20.6. The van der Waals surface area contributed by atoms with E-state index in [1.807, 2.05) is 25.7 Å². The van der Waals surface area contributed by atoms with Crippen molar-refractivity contribution in [3.63, 3.8) is 0 Å². The maximum absolute atomic E-state index is 12.2. The molecule has 1 amide bonds. The first-order valence-corrected chi connectivity index (χ1v) is 8.09. The SMILES string of the molecule is CC(C)(C)OC(=O)N1CCCNCCNCCCNCC1. The summed E-state index contributed by atoms with van der Waals surface area (Å²) in [5, 5.41) is 10.2. The molecular formula is C15H32N4O2. The second-order valence-electron chi connectivity index (χ2n) is 6.42. The van der Waals surface area contributed by atoms with E-state index in [-0.39, 0.29) is 6.09 Å². The van der Waals surface area contributed by atoms with Crippen molar-refractivity contribution < 1.29 is 9.53 Å². The highest BCUT2D eigenvalue weighted by Crippen LogP contribution is 2.10. The Morgan fingerprint density at radius 3 is 2.05 bits per heavy atom. The summed E-state index contributed by atoms with van der Waals surface area (Å²) in [6, 6.07) is 0. The number of carbonyl (C=O) groups excluding carboxylic acids is 1. The van der Waals surface area contributed by atoms with Crippen molar-refractivity contribution in [2.45, 2.75) is 39.2 Å². The third kappa shape index (κ3) is 9.66. The van der Waals surface area contributed by atoms with Crippen LogP contribution in [0.25, 0.3) is 0 Å². The van der Waals surface area contributed by atoms with Crippen LogP contribution in [0, 0.1) is 0 Å². The Balaban J connectivity index is 2.43. The van der Waals surface area contributed by atoms with E-state index in [1.54, 1.807) is 0 Å². The monoisotopic (exact) mass is 300 g/mol. The van der Waals surface area contributed by atoms with Gasteiger partial charge in [-0.2, -0.15) is 0 Å². The van der Waals surface area contributed by atoms with E-state index < -0.39 is 5.60 Å². The zero-order valence-electron chi connectivity index (χ0n) is 13.8. The number of amides is 1. The molecule has 0 atom stereocenters. The molecule has 0 bridgehead atoms. The summed E-state index contributed by atoms with van der Waals surface area (Å²) in [5.41, 5.74) is -0.437. The van der Waals surface area contributed by atoms with Gasteiger partial charge in [0.15, 0.2) is 0 Å². The Labute approximate surface area is 129 Å². The number of hydrogen-bond acceptors (Lipinski definition) is 5. The Morgan fingerprint density at radius 2 is 1.43 bits per heavy atom. The molecule has 1 saturated heterocycles. The number of nitrogens with zero attached hydrogens (tertiary/aromatic N) is 1. The van der Waals surface area contributed by atoms with Gasteiger partial charge in [0, 0.05) is 32.7 Å².